The summed E-state index contributed by atoms with van der Waals surface area (Å²) < 4.78 is 30.0. The summed E-state index contributed by atoms with van der Waals surface area (Å²) in [6, 6.07) is 5.99. The lowest BCUT2D eigenvalue weighted by molar-refractivity contribution is 0.0790. The highest BCUT2D eigenvalue weighted by molar-refractivity contribution is 7.89. The number of sulfonamides is 1. The molecule has 1 saturated heterocycles. The molecule has 128 valence electrons. The Hall–Kier alpha value is -2.26. The smallest absolute Gasteiger partial charge is 0.253 e. The number of likely N-dealkylation sites (tertiary alicyclic amines) is 1. The first-order valence-corrected chi connectivity index (χ1v) is 8.91. The zero-order valence-corrected chi connectivity index (χ0v) is 14.2. The van der Waals surface area contributed by atoms with Gasteiger partial charge in [-0.1, -0.05) is 5.16 Å². The molecule has 1 aromatic heterocycles. The lowest BCUT2D eigenvalue weighted by Crippen LogP contribution is -2.28. The number of carbonyl (C=O) groups excluding carboxylic acids is 1. The highest BCUT2D eigenvalue weighted by atomic mass is 32.2. The summed E-state index contributed by atoms with van der Waals surface area (Å²) in [6.07, 6.45) is 2.06. The van der Waals surface area contributed by atoms with Gasteiger partial charge in [-0.05, 0) is 30.7 Å². The van der Waals surface area contributed by atoms with Gasteiger partial charge in [-0.3, -0.25) is 4.79 Å². The first-order valence-electron chi connectivity index (χ1n) is 7.47. The molecule has 0 saturated carbocycles. The van der Waals surface area contributed by atoms with Gasteiger partial charge >= 0.3 is 0 Å². The van der Waals surface area contributed by atoms with Gasteiger partial charge in [-0.25, -0.2) is 12.7 Å². The van der Waals surface area contributed by atoms with Crippen LogP contribution in [0, 0.1) is 0 Å². The van der Waals surface area contributed by atoms with E-state index in [4.69, 9.17) is 4.52 Å². The van der Waals surface area contributed by atoms with Gasteiger partial charge in [0.15, 0.2) is 5.82 Å². The van der Waals surface area contributed by atoms with E-state index in [9.17, 15) is 13.2 Å². The number of amides is 1. The predicted octanol–water partition coefficient (Wildman–Crippen LogP) is 0.950. The second-order valence-electron chi connectivity index (χ2n) is 5.84. The Kier molecular flexibility index (Phi) is 4.37. The van der Waals surface area contributed by atoms with Crippen LogP contribution in [-0.4, -0.2) is 60.9 Å². The molecule has 1 aliphatic rings. The summed E-state index contributed by atoms with van der Waals surface area (Å²) in [5, 5.41) is 3.82. The molecule has 1 fully saturated rings. The molecule has 1 aromatic carbocycles. The average molecular weight is 350 g/mol. The van der Waals surface area contributed by atoms with Gasteiger partial charge in [0.05, 0.1) is 4.90 Å². The van der Waals surface area contributed by atoms with E-state index in [1.165, 1.54) is 32.6 Å². The van der Waals surface area contributed by atoms with Crippen LogP contribution in [0.25, 0.3) is 0 Å². The van der Waals surface area contributed by atoms with Gasteiger partial charge in [-0.2, -0.15) is 4.98 Å². The summed E-state index contributed by atoms with van der Waals surface area (Å²) in [6.45, 7) is 1.13. The minimum Gasteiger partial charge on any atom is -0.343 e. The zero-order chi connectivity index (χ0) is 17.3. The Morgan fingerprint density at radius 1 is 1.29 bits per heavy atom. The van der Waals surface area contributed by atoms with Crippen molar-refractivity contribution in [2.45, 2.75) is 17.2 Å². The maximum absolute atomic E-state index is 12.6. The van der Waals surface area contributed by atoms with Gasteiger partial charge in [-0.15, -0.1) is 0 Å². The molecule has 0 radical (unpaired) electrons. The van der Waals surface area contributed by atoms with E-state index in [0.29, 0.717) is 24.5 Å². The number of hydrogen-bond donors (Lipinski definition) is 0. The number of rotatable bonds is 4. The van der Waals surface area contributed by atoms with Crippen molar-refractivity contribution in [2.24, 2.45) is 0 Å². The third-order valence-corrected chi connectivity index (χ3v) is 5.93. The lowest BCUT2D eigenvalue weighted by atomic mass is 10.1. The largest absolute Gasteiger partial charge is 0.343 e. The maximum atomic E-state index is 12.6. The van der Waals surface area contributed by atoms with Gasteiger partial charge < -0.3 is 9.42 Å². The Morgan fingerprint density at radius 2 is 2.00 bits per heavy atom. The first kappa shape index (κ1) is 16.6. The first-order chi connectivity index (χ1) is 11.4. The van der Waals surface area contributed by atoms with E-state index in [2.05, 4.69) is 10.1 Å². The molecule has 3 rings (SSSR count). The highest BCUT2D eigenvalue weighted by Crippen LogP contribution is 2.26. The molecule has 0 N–H and O–H groups in total. The van der Waals surface area contributed by atoms with Crippen LogP contribution in [0.2, 0.25) is 0 Å². The fourth-order valence-corrected chi connectivity index (χ4v) is 3.58. The molecule has 0 spiro atoms. The minimum atomic E-state index is -3.50. The molecule has 9 heteroatoms. The van der Waals surface area contributed by atoms with E-state index >= 15 is 0 Å². The lowest BCUT2D eigenvalue weighted by Gasteiger charge is -2.16. The van der Waals surface area contributed by atoms with Crippen LogP contribution in [0.3, 0.4) is 0 Å². The SMILES string of the molecule is CN(C)S(=O)(=O)c1ccc(C(=O)N2CC[C@H](c3ncon3)C2)cc1. The molecular weight excluding hydrogens is 332 g/mol. The van der Waals surface area contributed by atoms with Crippen LogP contribution in [-0.2, 0) is 10.0 Å². The number of carbonyl (C=O) groups is 1. The molecule has 0 bridgehead atoms. The van der Waals surface area contributed by atoms with E-state index < -0.39 is 10.0 Å². The van der Waals surface area contributed by atoms with Gasteiger partial charge in [0.25, 0.3) is 5.91 Å². The second kappa shape index (κ2) is 6.33. The van der Waals surface area contributed by atoms with Gasteiger partial charge in [0.1, 0.15) is 0 Å². The molecule has 2 aromatic rings. The molecule has 0 aliphatic carbocycles. The van der Waals surface area contributed by atoms with Crippen molar-refractivity contribution in [3.8, 4) is 0 Å². The number of nitrogens with zero attached hydrogens (tertiary/aromatic N) is 4. The second-order valence-corrected chi connectivity index (χ2v) is 7.99. The normalized spacial score (nSPS) is 18.3. The standard InChI is InChI=1S/C15H18N4O4S/c1-18(2)24(21,22)13-5-3-11(4-6-13)15(20)19-8-7-12(9-19)14-16-10-23-17-14/h3-6,10,12H,7-9H2,1-2H3/t12-/m0/s1. The van der Waals surface area contributed by atoms with Crippen molar-refractivity contribution < 1.29 is 17.7 Å². The topological polar surface area (TPSA) is 96.6 Å². The summed E-state index contributed by atoms with van der Waals surface area (Å²) >= 11 is 0. The van der Waals surface area contributed by atoms with E-state index in [1.54, 1.807) is 17.0 Å². The minimum absolute atomic E-state index is 0.0705. The molecule has 0 unspecified atom stereocenters. The average Bonchev–Trinajstić information content (AvgIpc) is 3.25. The molecule has 1 aliphatic heterocycles. The number of hydrogen-bond acceptors (Lipinski definition) is 6. The molecule has 8 nitrogen and oxygen atoms in total. The van der Waals surface area contributed by atoms with Crippen LogP contribution in [0.1, 0.15) is 28.5 Å². The van der Waals surface area contributed by atoms with Crippen LogP contribution in [0.4, 0.5) is 0 Å². The summed E-state index contributed by atoms with van der Waals surface area (Å²) in [7, 11) is -0.557. The van der Waals surface area contributed by atoms with Crippen LogP contribution in [0.15, 0.2) is 40.1 Å². The summed E-state index contributed by atoms with van der Waals surface area (Å²) in [5.41, 5.74) is 0.460. The van der Waals surface area contributed by atoms with Gasteiger partial charge in [0, 0.05) is 38.7 Å². The van der Waals surface area contributed by atoms with E-state index in [0.717, 1.165) is 10.7 Å². The fourth-order valence-electron chi connectivity index (χ4n) is 2.68. The van der Waals surface area contributed by atoms with Crippen LogP contribution >= 0.6 is 0 Å². The monoisotopic (exact) mass is 350 g/mol. The Bertz CT molecular complexity index is 816. The van der Waals surface area contributed by atoms with E-state index in [-0.39, 0.29) is 16.7 Å². The molecule has 1 atom stereocenters. The van der Waals surface area contributed by atoms with E-state index in [1.807, 2.05) is 0 Å². The molecule has 2 heterocycles. The number of benzene rings is 1. The predicted molar refractivity (Wildman–Crippen MR) is 84.9 cm³/mol. The fraction of sp³-hybridized carbons (Fsp3) is 0.400. The van der Waals surface area contributed by atoms with Gasteiger partial charge in [0.2, 0.25) is 16.4 Å². The third kappa shape index (κ3) is 3.04. The highest BCUT2D eigenvalue weighted by Gasteiger charge is 2.30. The summed E-state index contributed by atoms with van der Waals surface area (Å²) in [5.74, 6) is 0.550. The molecule has 1 amide bonds. The summed E-state index contributed by atoms with van der Waals surface area (Å²) in [4.78, 5) is 18.5. The third-order valence-electron chi connectivity index (χ3n) is 4.10. The molecular formula is C15H18N4O4S. The van der Waals surface area contributed by atoms with Crippen LogP contribution < -0.4 is 0 Å². The van der Waals surface area contributed by atoms with Crippen molar-refractivity contribution in [3.63, 3.8) is 0 Å². The van der Waals surface area contributed by atoms with Crippen molar-refractivity contribution in [1.82, 2.24) is 19.3 Å². The quantitative estimate of drug-likeness (QED) is 0.814. The Labute approximate surface area is 140 Å². The Morgan fingerprint density at radius 3 is 2.58 bits per heavy atom. The Balaban J connectivity index is 1.72. The molecule has 24 heavy (non-hydrogen) atoms. The van der Waals surface area contributed by atoms with Crippen molar-refractivity contribution in [1.29, 1.82) is 0 Å². The van der Waals surface area contributed by atoms with Crippen molar-refractivity contribution >= 4 is 15.9 Å². The van der Waals surface area contributed by atoms with Crippen molar-refractivity contribution in [2.75, 3.05) is 27.2 Å². The van der Waals surface area contributed by atoms with Crippen LogP contribution in [0.5, 0.6) is 0 Å². The maximum Gasteiger partial charge on any atom is 0.253 e. The zero-order valence-electron chi connectivity index (χ0n) is 13.4. The number of aromatic nitrogens is 2. The van der Waals surface area contributed by atoms with Crippen molar-refractivity contribution in [3.05, 3.63) is 42.0 Å².